The van der Waals surface area contributed by atoms with Gasteiger partial charge in [-0.1, -0.05) is 12.1 Å². The molecule has 31 heavy (non-hydrogen) atoms. The van der Waals surface area contributed by atoms with Crippen LogP contribution in [-0.2, 0) is 4.79 Å². The Balaban J connectivity index is 1.40. The standard InChI is InChI=1S/C24H27N3O4/c1-29-20-14-16(15-21(30-2)23(20)31-3)8-9-22(28)27-12-10-17(11-13-27)24-25-18-6-4-5-7-19(18)26-24/h4-9,14-15,17H,10-13H2,1-3H3,(H,25,26)/b9-8+. The second kappa shape index (κ2) is 9.12. The molecule has 0 radical (unpaired) electrons. The van der Waals surface area contributed by atoms with Crippen molar-refractivity contribution >= 4 is 23.0 Å². The Morgan fingerprint density at radius 1 is 1.06 bits per heavy atom. The highest BCUT2D eigenvalue weighted by Crippen LogP contribution is 2.38. The fraction of sp³-hybridized carbons (Fsp3) is 0.333. The molecule has 4 rings (SSSR count). The normalized spacial score (nSPS) is 14.9. The number of hydrogen-bond acceptors (Lipinski definition) is 5. The summed E-state index contributed by atoms with van der Waals surface area (Å²) >= 11 is 0. The first kappa shape index (κ1) is 20.8. The summed E-state index contributed by atoms with van der Waals surface area (Å²) in [7, 11) is 4.71. The lowest BCUT2D eigenvalue weighted by Crippen LogP contribution is -2.37. The van der Waals surface area contributed by atoms with Gasteiger partial charge in [0.15, 0.2) is 11.5 Å². The van der Waals surface area contributed by atoms with Gasteiger partial charge in [0, 0.05) is 25.1 Å². The van der Waals surface area contributed by atoms with Crippen LogP contribution in [0.4, 0.5) is 0 Å². The number of nitrogens with zero attached hydrogens (tertiary/aromatic N) is 2. The largest absolute Gasteiger partial charge is 0.493 e. The number of aromatic amines is 1. The average molecular weight is 421 g/mol. The van der Waals surface area contributed by atoms with Gasteiger partial charge in [-0.15, -0.1) is 0 Å². The maximum absolute atomic E-state index is 12.7. The van der Waals surface area contributed by atoms with E-state index >= 15 is 0 Å². The number of carbonyl (C=O) groups is 1. The third-order valence-electron chi connectivity index (χ3n) is 5.71. The van der Waals surface area contributed by atoms with E-state index in [9.17, 15) is 4.79 Å². The van der Waals surface area contributed by atoms with Gasteiger partial charge in [0.2, 0.25) is 11.7 Å². The lowest BCUT2D eigenvalue weighted by atomic mass is 9.96. The zero-order valence-corrected chi connectivity index (χ0v) is 18.1. The van der Waals surface area contributed by atoms with E-state index in [0.717, 1.165) is 35.3 Å². The molecule has 0 unspecified atom stereocenters. The van der Waals surface area contributed by atoms with E-state index < -0.39 is 0 Å². The molecule has 7 heteroatoms. The van der Waals surface area contributed by atoms with Crippen molar-refractivity contribution in [3.8, 4) is 17.2 Å². The van der Waals surface area contributed by atoms with Gasteiger partial charge in [-0.3, -0.25) is 4.79 Å². The molecule has 1 saturated heterocycles. The van der Waals surface area contributed by atoms with Crippen molar-refractivity contribution < 1.29 is 19.0 Å². The molecule has 0 aliphatic carbocycles. The summed E-state index contributed by atoms with van der Waals surface area (Å²) in [6.07, 6.45) is 5.16. The predicted molar refractivity (Wildman–Crippen MR) is 120 cm³/mol. The Hall–Kier alpha value is -3.48. The van der Waals surface area contributed by atoms with Crippen LogP contribution < -0.4 is 14.2 Å². The highest BCUT2D eigenvalue weighted by Gasteiger charge is 2.25. The average Bonchev–Trinajstić information content (AvgIpc) is 3.26. The molecule has 2 aromatic carbocycles. The monoisotopic (exact) mass is 421 g/mol. The van der Waals surface area contributed by atoms with Crippen molar-refractivity contribution in [3.63, 3.8) is 0 Å². The number of rotatable bonds is 6. The Morgan fingerprint density at radius 3 is 2.35 bits per heavy atom. The van der Waals surface area contributed by atoms with Crippen molar-refractivity contribution in [1.82, 2.24) is 14.9 Å². The summed E-state index contributed by atoms with van der Waals surface area (Å²) in [5.74, 6) is 3.00. The van der Waals surface area contributed by atoms with Crippen LogP contribution in [0.25, 0.3) is 17.1 Å². The number of carbonyl (C=O) groups excluding carboxylic acids is 1. The molecule has 0 spiro atoms. The predicted octanol–water partition coefficient (Wildman–Crippen LogP) is 4.01. The number of para-hydroxylation sites is 2. The van der Waals surface area contributed by atoms with Gasteiger partial charge >= 0.3 is 0 Å². The minimum Gasteiger partial charge on any atom is -0.493 e. The molecule has 0 atom stereocenters. The van der Waals surface area contributed by atoms with Gasteiger partial charge < -0.3 is 24.1 Å². The van der Waals surface area contributed by atoms with E-state index in [4.69, 9.17) is 19.2 Å². The van der Waals surface area contributed by atoms with Gasteiger partial charge in [0.05, 0.1) is 32.4 Å². The van der Waals surface area contributed by atoms with E-state index in [0.29, 0.717) is 36.3 Å². The number of likely N-dealkylation sites (tertiary alicyclic amines) is 1. The topological polar surface area (TPSA) is 76.7 Å². The zero-order chi connectivity index (χ0) is 21.8. The molecule has 7 nitrogen and oxygen atoms in total. The van der Waals surface area contributed by atoms with Gasteiger partial charge in [-0.25, -0.2) is 4.98 Å². The highest BCUT2D eigenvalue weighted by molar-refractivity contribution is 5.92. The van der Waals surface area contributed by atoms with Crippen LogP contribution in [0.1, 0.15) is 30.1 Å². The first-order chi connectivity index (χ1) is 15.1. The Kier molecular flexibility index (Phi) is 6.11. The van der Waals surface area contributed by atoms with Crippen LogP contribution >= 0.6 is 0 Å². The quantitative estimate of drug-likeness (QED) is 0.609. The lowest BCUT2D eigenvalue weighted by molar-refractivity contribution is -0.127. The fourth-order valence-corrected chi connectivity index (χ4v) is 4.01. The first-order valence-electron chi connectivity index (χ1n) is 10.3. The summed E-state index contributed by atoms with van der Waals surface area (Å²) in [4.78, 5) is 22.7. The van der Waals surface area contributed by atoms with E-state index in [1.54, 1.807) is 33.5 Å². The number of hydrogen-bond donors (Lipinski definition) is 1. The van der Waals surface area contributed by atoms with E-state index in [1.165, 1.54) is 0 Å². The van der Waals surface area contributed by atoms with Gasteiger partial charge in [-0.05, 0) is 48.7 Å². The van der Waals surface area contributed by atoms with Crippen molar-refractivity contribution in [1.29, 1.82) is 0 Å². The molecule has 2 heterocycles. The minimum atomic E-state index is -0.00296. The summed E-state index contributed by atoms with van der Waals surface area (Å²) in [6, 6.07) is 11.7. The third kappa shape index (κ3) is 4.35. The molecule has 1 aromatic heterocycles. The number of imidazole rings is 1. The van der Waals surface area contributed by atoms with Crippen LogP contribution in [-0.4, -0.2) is 55.2 Å². The molecule has 0 saturated carbocycles. The number of fused-ring (bicyclic) bond motifs is 1. The molecular weight excluding hydrogens is 394 g/mol. The van der Waals surface area contributed by atoms with E-state index in [-0.39, 0.29) is 5.91 Å². The number of benzene rings is 2. The second-order valence-electron chi connectivity index (χ2n) is 7.53. The summed E-state index contributed by atoms with van der Waals surface area (Å²) < 4.78 is 16.1. The SMILES string of the molecule is COc1cc(/C=C/C(=O)N2CCC(c3nc4ccccc4[nH]3)CC2)cc(OC)c1OC. The minimum absolute atomic E-state index is 0.00296. The number of ether oxygens (including phenoxy) is 3. The van der Waals surface area contributed by atoms with E-state index in [2.05, 4.69) is 4.98 Å². The number of aromatic nitrogens is 2. The van der Waals surface area contributed by atoms with Crippen LogP contribution in [0.3, 0.4) is 0 Å². The van der Waals surface area contributed by atoms with Crippen LogP contribution in [0.2, 0.25) is 0 Å². The molecular formula is C24H27N3O4. The number of nitrogens with one attached hydrogen (secondary N) is 1. The molecule has 162 valence electrons. The third-order valence-corrected chi connectivity index (χ3v) is 5.71. The fourth-order valence-electron chi connectivity index (χ4n) is 4.01. The second-order valence-corrected chi connectivity index (χ2v) is 7.53. The summed E-state index contributed by atoms with van der Waals surface area (Å²) in [5, 5.41) is 0. The van der Waals surface area contributed by atoms with Crippen molar-refractivity contribution in [3.05, 3.63) is 53.9 Å². The molecule has 0 bridgehead atoms. The summed E-state index contributed by atoms with van der Waals surface area (Å²) in [6.45, 7) is 1.42. The molecule has 3 aromatic rings. The van der Waals surface area contributed by atoms with Crippen LogP contribution in [0, 0.1) is 0 Å². The molecule has 1 aliphatic heterocycles. The number of H-pyrrole nitrogens is 1. The zero-order valence-electron chi connectivity index (χ0n) is 18.1. The maximum atomic E-state index is 12.7. The Morgan fingerprint density at radius 2 is 1.74 bits per heavy atom. The molecule has 1 fully saturated rings. The van der Waals surface area contributed by atoms with E-state index in [1.807, 2.05) is 41.3 Å². The van der Waals surface area contributed by atoms with Crippen LogP contribution in [0.5, 0.6) is 17.2 Å². The maximum Gasteiger partial charge on any atom is 0.246 e. The first-order valence-corrected chi connectivity index (χ1v) is 10.3. The smallest absolute Gasteiger partial charge is 0.246 e. The molecule has 1 aliphatic rings. The van der Waals surface area contributed by atoms with Crippen molar-refractivity contribution in [2.45, 2.75) is 18.8 Å². The van der Waals surface area contributed by atoms with Crippen molar-refractivity contribution in [2.24, 2.45) is 0 Å². The number of piperidine rings is 1. The highest BCUT2D eigenvalue weighted by atomic mass is 16.5. The summed E-state index contributed by atoms with van der Waals surface area (Å²) in [5.41, 5.74) is 2.86. The number of methoxy groups -OCH3 is 3. The number of amides is 1. The van der Waals surface area contributed by atoms with Crippen LogP contribution in [0.15, 0.2) is 42.5 Å². The van der Waals surface area contributed by atoms with Gasteiger partial charge in [-0.2, -0.15) is 0 Å². The molecule has 1 amide bonds. The van der Waals surface area contributed by atoms with Gasteiger partial charge in [0.1, 0.15) is 5.82 Å². The Labute approximate surface area is 181 Å². The Bertz CT molecular complexity index is 1040. The van der Waals surface area contributed by atoms with Crippen molar-refractivity contribution in [2.75, 3.05) is 34.4 Å². The van der Waals surface area contributed by atoms with Gasteiger partial charge in [0.25, 0.3) is 0 Å². The lowest BCUT2D eigenvalue weighted by Gasteiger charge is -2.30. The molecule has 1 N–H and O–H groups in total.